The van der Waals surface area contributed by atoms with Gasteiger partial charge in [-0.15, -0.1) is 0 Å². The van der Waals surface area contributed by atoms with Crippen molar-refractivity contribution in [1.82, 2.24) is 4.31 Å². The Morgan fingerprint density at radius 2 is 1.00 bits per heavy atom. The summed E-state index contributed by atoms with van der Waals surface area (Å²) in [6, 6.07) is 8.72. The lowest BCUT2D eigenvalue weighted by molar-refractivity contribution is 0.447. The van der Waals surface area contributed by atoms with E-state index in [4.69, 9.17) is 0 Å². The van der Waals surface area contributed by atoms with Crippen LogP contribution in [0.1, 0.15) is 110 Å². The summed E-state index contributed by atoms with van der Waals surface area (Å²) in [5.41, 5.74) is 0. The Kier molecular flexibility index (Phi) is 15.2. The summed E-state index contributed by atoms with van der Waals surface area (Å²) in [5, 5.41) is 0. The van der Waals surface area contributed by atoms with E-state index in [-0.39, 0.29) is 0 Å². The standard InChI is InChI=1S/C25H45NO2S/c1-3-4-5-6-7-8-9-10-11-12-13-14-15-16-17-21-24-26(2)29(27,28)25-22-19-18-20-23-25/h18-20,22-23H,3-17,21,24H2,1-2H3. The maximum Gasteiger partial charge on any atom is 0.242 e. The summed E-state index contributed by atoms with van der Waals surface area (Å²) in [5.74, 6) is 0. The molecule has 0 spiro atoms. The third-order valence-corrected chi connectivity index (χ3v) is 7.65. The van der Waals surface area contributed by atoms with E-state index in [0.717, 1.165) is 12.8 Å². The fourth-order valence-corrected chi connectivity index (χ4v) is 5.01. The lowest BCUT2D eigenvalue weighted by Gasteiger charge is -2.17. The molecule has 0 saturated carbocycles. The highest BCUT2D eigenvalue weighted by Gasteiger charge is 2.19. The second-order valence-electron chi connectivity index (χ2n) is 8.44. The largest absolute Gasteiger partial charge is 0.242 e. The molecule has 1 rings (SSSR count). The van der Waals surface area contributed by atoms with Crippen molar-refractivity contribution in [3.63, 3.8) is 0 Å². The van der Waals surface area contributed by atoms with E-state index < -0.39 is 10.0 Å². The predicted molar refractivity (Wildman–Crippen MR) is 126 cm³/mol. The molecule has 0 N–H and O–H groups in total. The minimum absolute atomic E-state index is 0.388. The van der Waals surface area contributed by atoms with Crippen LogP contribution < -0.4 is 0 Å². The highest BCUT2D eigenvalue weighted by Crippen LogP contribution is 2.16. The van der Waals surface area contributed by atoms with Crippen LogP contribution in [0.2, 0.25) is 0 Å². The Morgan fingerprint density at radius 1 is 0.621 bits per heavy atom. The van der Waals surface area contributed by atoms with E-state index in [1.807, 2.05) is 6.07 Å². The van der Waals surface area contributed by atoms with E-state index in [0.29, 0.717) is 11.4 Å². The summed E-state index contributed by atoms with van der Waals surface area (Å²) in [7, 11) is -1.64. The number of sulfonamides is 1. The van der Waals surface area contributed by atoms with Gasteiger partial charge in [0.2, 0.25) is 10.0 Å². The van der Waals surface area contributed by atoms with Crippen LogP contribution in [0.4, 0.5) is 0 Å². The Balaban J connectivity index is 1.90. The average molecular weight is 424 g/mol. The molecule has 0 aliphatic carbocycles. The second kappa shape index (κ2) is 16.9. The first-order chi connectivity index (χ1) is 14.1. The van der Waals surface area contributed by atoms with Gasteiger partial charge in [-0.3, -0.25) is 0 Å². The first kappa shape index (κ1) is 26.2. The normalized spacial score (nSPS) is 12.0. The van der Waals surface area contributed by atoms with Gasteiger partial charge in [-0.1, -0.05) is 121 Å². The molecule has 0 heterocycles. The molecule has 0 saturated heterocycles. The second-order valence-corrected chi connectivity index (χ2v) is 10.5. The summed E-state index contributed by atoms with van der Waals surface area (Å²) >= 11 is 0. The predicted octanol–water partition coefficient (Wildman–Crippen LogP) is 7.57. The Bertz CT molecular complexity index is 586. The van der Waals surface area contributed by atoms with E-state index in [1.54, 1.807) is 31.3 Å². The van der Waals surface area contributed by atoms with Crippen LogP contribution in [0.15, 0.2) is 35.2 Å². The van der Waals surface area contributed by atoms with Crippen LogP contribution in [0.5, 0.6) is 0 Å². The molecule has 0 aromatic heterocycles. The third-order valence-electron chi connectivity index (χ3n) is 5.78. The Labute approximate surface area is 181 Å². The number of nitrogens with zero attached hydrogens (tertiary/aromatic N) is 1. The minimum atomic E-state index is -3.33. The van der Waals surface area contributed by atoms with Crippen molar-refractivity contribution in [2.24, 2.45) is 0 Å². The molecule has 0 unspecified atom stereocenters. The number of hydrogen-bond acceptors (Lipinski definition) is 2. The number of hydrogen-bond donors (Lipinski definition) is 0. The third kappa shape index (κ3) is 12.4. The molecule has 1 aromatic carbocycles. The van der Waals surface area contributed by atoms with Crippen LogP contribution in [0.3, 0.4) is 0 Å². The number of unbranched alkanes of at least 4 members (excludes halogenated alkanes) is 15. The zero-order valence-electron chi connectivity index (χ0n) is 19.1. The summed E-state index contributed by atoms with van der Waals surface area (Å²) in [4.78, 5) is 0.388. The van der Waals surface area contributed by atoms with Crippen molar-refractivity contribution < 1.29 is 8.42 Å². The minimum Gasteiger partial charge on any atom is -0.207 e. The monoisotopic (exact) mass is 423 g/mol. The van der Waals surface area contributed by atoms with Crippen molar-refractivity contribution in [3.8, 4) is 0 Å². The van der Waals surface area contributed by atoms with Gasteiger partial charge in [0.25, 0.3) is 0 Å². The molecule has 0 radical (unpaired) electrons. The fraction of sp³-hybridized carbons (Fsp3) is 0.760. The summed E-state index contributed by atoms with van der Waals surface area (Å²) < 4.78 is 26.4. The summed E-state index contributed by atoms with van der Waals surface area (Å²) in [6.45, 7) is 2.88. The van der Waals surface area contributed by atoms with Crippen molar-refractivity contribution in [2.45, 2.75) is 115 Å². The van der Waals surface area contributed by atoms with Crippen LogP contribution in [-0.2, 0) is 10.0 Å². The molecule has 3 nitrogen and oxygen atoms in total. The van der Waals surface area contributed by atoms with E-state index in [2.05, 4.69) is 6.92 Å². The van der Waals surface area contributed by atoms with Gasteiger partial charge in [0.15, 0.2) is 0 Å². The van der Waals surface area contributed by atoms with E-state index in [1.165, 1.54) is 94.2 Å². The van der Waals surface area contributed by atoms with Crippen molar-refractivity contribution in [3.05, 3.63) is 30.3 Å². The van der Waals surface area contributed by atoms with Gasteiger partial charge < -0.3 is 0 Å². The molecular weight excluding hydrogens is 378 g/mol. The molecule has 1 aromatic rings. The van der Waals surface area contributed by atoms with Crippen molar-refractivity contribution in [1.29, 1.82) is 0 Å². The molecule has 0 aliphatic heterocycles. The van der Waals surface area contributed by atoms with Gasteiger partial charge in [-0.25, -0.2) is 12.7 Å². The van der Waals surface area contributed by atoms with E-state index >= 15 is 0 Å². The Hall–Kier alpha value is -0.870. The van der Waals surface area contributed by atoms with Crippen LogP contribution in [0, 0.1) is 0 Å². The van der Waals surface area contributed by atoms with Gasteiger partial charge >= 0.3 is 0 Å². The smallest absolute Gasteiger partial charge is 0.207 e. The first-order valence-electron chi connectivity index (χ1n) is 12.1. The molecule has 0 amide bonds. The van der Waals surface area contributed by atoms with Crippen molar-refractivity contribution >= 4 is 10.0 Å². The highest BCUT2D eigenvalue weighted by atomic mass is 32.2. The number of rotatable bonds is 19. The van der Waals surface area contributed by atoms with Crippen LogP contribution in [0.25, 0.3) is 0 Å². The van der Waals surface area contributed by atoms with Gasteiger partial charge in [-0.05, 0) is 18.6 Å². The highest BCUT2D eigenvalue weighted by molar-refractivity contribution is 7.89. The maximum atomic E-state index is 12.4. The molecule has 0 fully saturated rings. The topological polar surface area (TPSA) is 37.4 Å². The number of benzene rings is 1. The van der Waals surface area contributed by atoms with Crippen LogP contribution in [-0.4, -0.2) is 26.3 Å². The van der Waals surface area contributed by atoms with Gasteiger partial charge in [-0.2, -0.15) is 0 Å². The van der Waals surface area contributed by atoms with Crippen LogP contribution >= 0.6 is 0 Å². The Morgan fingerprint density at radius 3 is 1.41 bits per heavy atom. The average Bonchev–Trinajstić information content (AvgIpc) is 2.73. The molecule has 0 atom stereocenters. The maximum absolute atomic E-state index is 12.4. The van der Waals surface area contributed by atoms with Gasteiger partial charge in [0.05, 0.1) is 4.90 Å². The lowest BCUT2D eigenvalue weighted by atomic mass is 10.0. The van der Waals surface area contributed by atoms with Gasteiger partial charge in [0.1, 0.15) is 0 Å². The summed E-state index contributed by atoms with van der Waals surface area (Å²) in [6.07, 6.45) is 21.3. The molecule has 4 heteroatoms. The van der Waals surface area contributed by atoms with Gasteiger partial charge in [0, 0.05) is 13.6 Å². The lowest BCUT2D eigenvalue weighted by Crippen LogP contribution is -2.27. The zero-order valence-corrected chi connectivity index (χ0v) is 19.9. The van der Waals surface area contributed by atoms with E-state index in [9.17, 15) is 8.42 Å². The molecule has 168 valence electrons. The molecule has 0 aliphatic rings. The molecule has 0 bridgehead atoms. The molecular formula is C25H45NO2S. The fourth-order valence-electron chi connectivity index (χ4n) is 3.78. The molecule has 29 heavy (non-hydrogen) atoms. The zero-order chi connectivity index (χ0) is 21.2. The SMILES string of the molecule is CCCCCCCCCCCCCCCCCCN(C)S(=O)(=O)c1ccccc1. The quantitative estimate of drug-likeness (QED) is 0.215. The first-order valence-corrected chi connectivity index (χ1v) is 13.5. The van der Waals surface area contributed by atoms with Crippen molar-refractivity contribution in [2.75, 3.05) is 13.6 Å².